The van der Waals surface area contributed by atoms with Crippen LogP contribution in [0.2, 0.25) is 0 Å². The fourth-order valence-electron chi connectivity index (χ4n) is 14.7. The lowest BCUT2D eigenvalue weighted by atomic mass is 9.70. The van der Waals surface area contributed by atoms with Gasteiger partial charge in [0.15, 0.2) is 0 Å². The summed E-state index contributed by atoms with van der Waals surface area (Å²) in [7, 11) is 0. The highest BCUT2D eigenvalue weighted by Crippen LogP contribution is 2.65. The first kappa shape index (κ1) is 50.5. The van der Waals surface area contributed by atoms with Gasteiger partial charge in [0.2, 0.25) is 0 Å². The monoisotopic (exact) mass is 1100 g/mol. The Kier molecular flexibility index (Phi) is 11.8. The molecule has 2 heterocycles. The Morgan fingerprint density at radius 3 is 1.66 bits per heavy atom. The van der Waals surface area contributed by atoms with Crippen LogP contribution in [0.4, 0.5) is 34.1 Å². The summed E-state index contributed by atoms with van der Waals surface area (Å²) >= 11 is 0. The molecule has 0 aliphatic heterocycles. The van der Waals surface area contributed by atoms with E-state index in [0.717, 1.165) is 73.1 Å². The third-order valence-corrected chi connectivity index (χ3v) is 18.0. The van der Waals surface area contributed by atoms with E-state index in [1.54, 1.807) is 0 Å². The maximum absolute atomic E-state index is 4.33. The van der Waals surface area contributed by atoms with Crippen molar-refractivity contribution in [3.63, 3.8) is 0 Å². The molecule has 16 rings (SSSR count). The van der Waals surface area contributed by atoms with E-state index in [9.17, 15) is 0 Å². The maximum atomic E-state index is 4.33. The lowest BCUT2D eigenvalue weighted by Gasteiger charge is -2.33. The number of para-hydroxylation sites is 4. The fourth-order valence-corrected chi connectivity index (χ4v) is 14.7. The molecular weight excluding hydrogens is 1040 g/mol. The van der Waals surface area contributed by atoms with E-state index in [1.165, 1.54) is 82.5 Å². The molecule has 406 valence electrons. The molecule has 14 aromatic rings. The first-order valence-corrected chi connectivity index (χ1v) is 29.5. The van der Waals surface area contributed by atoms with Crippen molar-refractivity contribution in [2.24, 2.45) is 0 Å². The Balaban J connectivity index is 0.938. The summed E-state index contributed by atoms with van der Waals surface area (Å²) in [6, 6.07) is 97.0. The minimum absolute atomic E-state index is 0.663. The molecule has 4 nitrogen and oxygen atoms in total. The number of benzene rings is 12. The zero-order valence-electron chi connectivity index (χ0n) is 47.7. The molecule has 2 aromatic heterocycles. The average Bonchev–Trinajstić information content (AvgIpc) is 1.51. The summed E-state index contributed by atoms with van der Waals surface area (Å²) in [5.41, 5.74) is 23.5. The van der Waals surface area contributed by atoms with Crippen LogP contribution in [0.15, 0.2) is 305 Å². The largest absolute Gasteiger partial charge is 0.310 e. The minimum atomic E-state index is -0.663. The summed E-state index contributed by atoms with van der Waals surface area (Å²) in [5.74, 6) is 0. The van der Waals surface area contributed by atoms with E-state index >= 15 is 0 Å². The molecule has 4 heteroatoms. The van der Waals surface area contributed by atoms with Crippen LogP contribution in [0.25, 0.3) is 100 Å². The summed E-state index contributed by atoms with van der Waals surface area (Å²) in [6.45, 7) is 14.7. The predicted molar refractivity (Wildman–Crippen MR) is 366 cm³/mol. The summed E-state index contributed by atoms with van der Waals surface area (Å²) < 4.78 is 4.65. The minimum Gasteiger partial charge on any atom is -0.310 e. The van der Waals surface area contributed by atoms with Gasteiger partial charge in [-0.1, -0.05) is 190 Å². The molecule has 12 aromatic carbocycles. The van der Waals surface area contributed by atoms with Crippen molar-refractivity contribution < 1.29 is 0 Å². The molecule has 0 bridgehead atoms. The molecule has 2 aliphatic rings. The average molecular weight is 1100 g/mol. The van der Waals surface area contributed by atoms with Crippen molar-refractivity contribution in [3.05, 3.63) is 338 Å². The SMILES string of the molecule is C=C/C=C(\C=C/C)n1c(C=C)c(C=C)c2cc(N(c3ccccc3)c3ccc4cc5c(cc4c3)C3(c4ccccc4-c4ccccc43)c3cc(N(c4ccccc4)c4ccc6c(c4)c4ccccc4n6-c4ccccc4)c4ccccc4c3-5)ccc21. The second-order valence-corrected chi connectivity index (χ2v) is 22.4. The Morgan fingerprint density at radius 1 is 0.407 bits per heavy atom. The van der Waals surface area contributed by atoms with Gasteiger partial charge >= 0.3 is 0 Å². The van der Waals surface area contributed by atoms with Crippen LogP contribution in [0.1, 0.15) is 40.4 Å². The van der Waals surface area contributed by atoms with Gasteiger partial charge in [-0.2, -0.15) is 0 Å². The Morgan fingerprint density at radius 2 is 0.977 bits per heavy atom. The second kappa shape index (κ2) is 20.0. The highest BCUT2D eigenvalue weighted by molar-refractivity contribution is 6.15. The van der Waals surface area contributed by atoms with Crippen LogP contribution in [0, 0.1) is 0 Å². The molecular formula is C82H58N4. The molecule has 0 amide bonds. The van der Waals surface area contributed by atoms with E-state index in [0.29, 0.717) is 0 Å². The van der Waals surface area contributed by atoms with Crippen molar-refractivity contribution in [2.45, 2.75) is 12.3 Å². The Labute approximate surface area is 501 Å². The van der Waals surface area contributed by atoms with Crippen LogP contribution in [0.3, 0.4) is 0 Å². The lowest BCUT2D eigenvalue weighted by Crippen LogP contribution is -2.26. The van der Waals surface area contributed by atoms with Gasteiger partial charge in [0.1, 0.15) is 0 Å². The van der Waals surface area contributed by atoms with Gasteiger partial charge in [0, 0.05) is 66.9 Å². The quantitative estimate of drug-likeness (QED) is 0.113. The molecule has 0 atom stereocenters. The van der Waals surface area contributed by atoms with E-state index in [-0.39, 0.29) is 0 Å². The molecule has 86 heavy (non-hydrogen) atoms. The fraction of sp³-hybridized carbons (Fsp3) is 0.0244. The number of aromatic nitrogens is 2. The lowest BCUT2D eigenvalue weighted by molar-refractivity contribution is 0.795. The van der Waals surface area contributed by atoms with E-state index in [4.69, 9.17) is 0 Å². The van der Waals surface area contributed by atoms with E-state index < -0.39 is 5.41 Å². The summed E-state index contributed by atoms with van der Waals surface area (Å²) in [6.07, 6.45) is 11.9. The van der Waals surface area contributed by atoms with Gasteiger partial charge in [-0.15, -0.1) is 0 Å². The molecule has 2 aliphatic carbocycles. The number of hydrogen-bond donors (Lipinski definition) is 0. The van der Waals surface area contributed by atoms with Crippen LogP contribution >= 0.6 is 0 Å². The molecule has 0 radical (unpaired) electrons. The topological polar surface area (TPSA) is 16.3 Å². The van der Waals surface area contributed by atoms with Crippen LogP contribution in [-0.4, -0.2) is 9.13 Å². The number of allylic oxidation sites excluding steroid dienone is 5. The zero-order valence-corrected chi connectivity index (χ0v) is 47.7. The van der Waals surface area contributed by atoms with Gasteiger partial charge in [-0.3, -0.25) is 0 Å². The molecule has 0 unspecified atom stereocenters. The highest BCUT2D eigenvalue weighted by Gasteiger charge is 2.52. The van der Waals surface area contributed by atoms with E-state index in [1.807, 2.05) is 31.2 Å². The number of anilines is 6. The molecule has 0 saturated heterocycles. The number of hydrogen-bond acceptors (Lipinski definition) is 2. The van der Waals surface area contributed by atoms with Crippen molar-refractivity contribution in [3.8, 4) is 27.9 Å². The van der Waals surface area contributed by atoms with Crippen molar-refractivity contribution >= 4 is 106 Å². The van der Waals surface area contributed by atoms with Gasteiger partial charge in [-0.25, -0.2) is 0 Å². The Bertz CT molecular complexity index is 5140. The molecule has 1 spiro atoms. The number of nitrogens with zero attached hydrogens (tertiary/aromatic N) is 4. The second-order valence-electron chi connectivity index (χ2n) is 22.4. The van der Waals surface area contributed by atoms with Crippen molar-refractivity contribution in [2.75, 3.05) is 9.80 Å². The van der Waals surface area contributed by atoms with Crippen molar-refractivity contribution in [1.82, 2.24) is 9.13 Å². The first-order chi connectivity index (χ1) is 42.5. The maximum Gasteiger partial charge on any atom is 0.0726 e. The standard InChI is InChI=1S/C82H58N4/c1-5-26-56(27-6-2)85-76(8-4)63(7-3)69-51-61(44-46-78(69)85)83(57-28-12-9-13-29-57)60-43-42-54-49-71-74(50-55(54)48-60)82(72-39-23-20-34-64(72)65-35-21-24-40-73(65)82)75-53-80(66-36-18-19-38-68(66)81(71)75)84(58-30-14-10-15-31-58)62-45-47-79-70(52-62)67-37-22-25-41-77(67)86(79)59-32-16-11-17-33-59/h5-53H,1,3-4H2,2H3/b27-6-,56-26+. The van der Waals surface area contributed by atoms with Gasteiger partial charge in [0.05, 0.1) is 33.3 Å². The third kappa shape index (κ3) is 7.36. The van der Waals surface area contributed by atoms with Crippen LogP contribution in [-0.2, 0) is 5.41 Å². The Hall–Kier alpha value is -11.2. The van der Waals surface area contributed by atoms with E-state index in [2.05, 4.69) is 312 Å². The summed E-state index contributed by atoms with van der Waals surface area (Å²) in [4.78, 5) is 4.89. The van der Waals surface area contributed by atoms with Crippen molar-refractivity contribution in [1.29, 1.82) is 0 Å². The van der Waals surface area contributed by atoms with Crippen LogP contribution in [0.5, 0.6) is 0 Å². The van der Waals surface area contributed by atoms with Gasteiger partial charge in [0.25, 0.3) is 0 Å². The predicted octanol–water partition coefficient (Wildman–Crippen LogP) is 22.2. The first-order valence-electron chi connectivity index (χ1n) is 29.5. The number of fused-ring (bicyclic) bond motifs is 17. The smallest absolute Gasteiger partial charge is 0.0726 e. The molecule has 0 saturated carbocycles. The highest BCUT2D eigenvalue weighted by atomic mass is 15.2. The van der Waals surface area contributed by atoms with Gasteiger partial charge in [-0.05, 0) is 195 Å². The molecule has 0 fully saturated rings. The summed E-state index contributed by atoms with van der Waals surface area (Å²) in [5, 5.41) is 8.23. The third-order valence-electron chi connectivity index (χ3n) is 18.0. The normalized spacial score (nSPS) is 13.0. The molecule has 0 N–H and O–H groups in total. The zero-order chi connectivity index (χ0) is 57.6. The van der Waals surface area contributed by atoms with Gasteiger partial charge < -0.3 is 18.9 Å². The number of rotatable bonds is 12. The van der Waals surface area contributed by atoms with Crippen LogP contribution < -0.4 is 9.80 Å².